The molecule has 0 radical (unpaired) electrons. The van der Waals surface area contributed by atoms with Crippen molar-refractivity contribution in [2.24, 2.45) is 5.92 Å². The van der Waals surface area contributed by atoms with Crippen LogP contribution in [0.2, 0.25) is 0 Å². The van der Waals surface area contributed by atoms with Gasteiger partial charge in [-0.1, -0.05) is 33.6 Å². The molecular formula is C11H21N3. The lowest BCUT2D eigenvalue weighted by Crippen LogP contribution is -2.07. The average molecular weight is 195 g/mol. The molecule has 1 aromatic rings. The maximum atomic E-state index is 4.15. The second kappa shape index (κ2) is 5.78. The van der Waals surface area contributed by atoms with Gasteiger partial charge in [0.2, 0.25) is 0 Å². The Kier molecular flexibility index (Phi) is 4.63. The Labute approximate surface area is 86.5 Å². The van der Waals surface area contributed by atoms with Gasteiger partial charge in [-0.3, -0.25) is 0 Å². The van der Waals surface area contributed by atoms with E-state index in [9.17, 15) is 0 Å². The first kappa shape index (κ1) is 11.2. The summed E-state index contributed by atoms with van der Waals surface area (Å²) in [7, 11) is 0. The molecule has 0 unspecified atom stereocenters. The lowest BCUT2D eigenvalue weighted by molar-refractivity contribution is 0.501. The van der Waals surface area contributed by atoms with Gasteiger partial charge in [0.05, 0.1) is 0 Å². The minimum atomic E-state index is 0.663. The first-order valence-corrected chi connectivity index (χ1v) is 5.60. The highest BCUT2D eigenvalue weighted by Crippen LogP contribution is 2.06. The molecule has 14 heavy (non-hydrogen) atoms. The van der Waals surface area contributed by atoms with E-state index in [1.807, 2.05) is 6.33 Å². The van der Waals surface area contributed by atoms with Crippen LogP contribution >= 0.6 is 0 Å². The topological polar surface area (TPSA) is 30.7 Å². The highest BCUT2D eigenvalue weighted by molar-refractivity contribution is 4.86. The average Bonchev–Trinajstić information content (AvgIpc) is 2.52. The van der Waals surface area contributed by atoms with Crippen LogP contribution in [0.15, 0.2) is 6.33 Å². The van der Waals surface area contributed by atoms with Crippen molar-refractivity contribution < 1.29 is 0 Å². The summed E-state index contributed by atoms with van der Waals surface area (Å²) in [5.41, 5.74) is 0. The van der Waals surface area contributed by atoms with Crippen LogP contribution in [0.25, 0.3) is 0 Å². The highest BCUT2D eigenvalue weighted by Gasteiger charge is 2.04. The van der Waals surface area contributed by atoms with Crippen molar-refractivity contribution in [3.05, 3.63) is 12.2 Å². The summed E-state index contributed by atoms with van der Waals surface area (Å²) in [5.74, 6) is 1.81. The molecule has 0 saturated carbocycles. The first-order valence-electron chi connectivity index (χ1n) is 5.60. The SMILES string of the molecule is CCCCCc1nncn1CC(C)C. The molecule has 3 nitrogen and oxygen atoms in total. The fraction of sp³-hybridized carbons (Fsp3) is 0.818. The van der Waals surface area contributed by atoms with Crippen molar-refractivity contribution in [3.63, 3.8) is 0 Å². The number of unbranched alkanes of at least 4 members (excludes halogenated alkanes) is 2. The van der Waals surface area contributed by atoms with Gasteiger partial charge in [-0.2, -0.15) is 0 Å². The van der Waals surface area contributed by atoms with E-state index in [0.29, 0.717) is 5.92 Å². The second-order valence-electron chi connectivity index (χ2n) is 4.25. The molecule has 3 heteroatoms. The van der Waals surface area contributed by atoms with Crippen molar-refractivity contribution >= 4 is 0 Å². The number of aryl methyl sites for hydroxylation is 1. The largest absolute Gasteiger partial charge is 0.317 e. The van der Waals surface area contributed by atoms with Gasteiger partial charge in [0.25, 0.3) is 0 Å². The fourth-order valence-electron chi connectivity index (χ4n) is 1.55. The standard InChI is InChI=1S/C11H21N3/c1-4-5-6-7-11-13-12-9-14(11)8-10(2)3/h9-10H,4-8H2,1-3H3. The van der Waals surface area contributed by atoms with Crippen LogP contribution in [0.4, 0.5) is 0 Å². The molecule has 0 atom stereocenters. The van der Waals surface area contributed by atoms with Gasteiger partial charge in [0, 0.05) is 13.0 Å². The van der Waals surface area contributed by atoms with Gasteiger partial charge < -0.3 is 4.57 Å². The molecule has 0 aliphatic heterocycles. The Hall–Kier alpha value is -0.860. The minimum Gasteiger partial charge on any atom is -0.317 e. The molecule has 1 heterocycles. The zero-order valence-electron chi connectivity index (χ0n) is 9.53. The molecule has 0 amide bonds. The van der Waals surface area contributed by atoms with Crippen LogP contribution in [0.1, 0.15) is 45.9 Å². The van der Waals surface area contributed by atoms with Crippen LogP contribution in [-0.2, 0) is 13.0 Å². The summed E-state index contributed by atoms with van der Waals surface area (Å²) in [6.45, 7) is 7.69. The predicted molar refractivity (Wildman–Crippen MR) is 58.1 cm³/mol. The maximum absolute atomic E-state index is 4.15. The van der Waals surface area contributed by atoms with E-state index >= 15 is 0 Å². The van der Waals surface area contributed by atoms with Gasteiger partial charge in [-0.05, 0) is 12.3 Å². The zero-order chi connectivity index (χ0) is 10.4. The molecule has 0 bridgehead atoms. The van der Waals surface area contributed by atoms with Crippen molar-refractivity contribution in [2.45, 2.75) is 53.0 Å². The van der Waals surface area contributed by atoms with Crippen LogP contribution in [0.3, 0.4) is 0 Å². The van der Waals surface area contributed by atoms with Gasteiger partial charge in [-0.15, -0.1) is 10.2 Å². The number of rotatable bonds is 6. The van der Waals surface area contributed by atoms with Crippen LogP contribution < -0.4 is 0 Å². The van der Waals surface area contributed by atoms with Crippen molar-refractivity contribution in [3.8, 4) is 0 Å². The van der Waals surface area contributed by atoms with Gasteiger partial charge in [0.1, 0.15) is 12.2 Å². The zero-order valence-corrected chi connectivity index (χ0v) is 9.53. The van der Waals surface area contributed by atoms with E-state index in [-0.39, 0.29) is 0 Å². The quantitative estimate of drug-likeness (QED) is 0.653. The molecule has 80 valence electrons. The number of hydrogen-bond donors (Lipinski definition) is 0. The second-order valence-corrected chi connectivity index (χ2v) is 4.25. The van der Waals surface area contributed by atoms with Crippen molar-refractivity contribution in [1.29, 1.82) is 0 Å². The predicted octanol–water partition coefficient (Wildman–Crippen LogP) is 2.67. The van der Waals surface area contributed by atoms with Gasteiger partial charge >= 0.3 is 0 Å². The van der Waals surface area contributed by atoms with Crippen LogP contribution in [0.5, 0.6) is 0 Å². The Balaban J connectivity index is 2.45. The monoisotopic (exact) mass is 195 g/mol. The minimum absolute atomic E-state index is 0.663. The van der Waals surface area contributed by atoms with E-state index in [1.54, 1.807) is 0 Å². The summed E-state index contributed by atoms with van der Waals surface area (Å²) < 4.78 is 2.18. The van der Waals surface area contributed by atoms with Crippen LogP contribution in [0, 0.1) is 5.92 Å². The summed E-state index contributed by atoms with van der Waals surface area (Å²) in [6.07, 6.45) is 6.70. The van der Waals surface area contributed by atoms with E-state index in [2.05, 4.69) is 35.5 Å². The maximum Gasteiger partial charge on any atom is 0.132 e. The molecular weight excluding hydrogens is 174 g/mol. The molecule has 1 rings (SSSR count). The third kappa shape index (κ3) is 3.48. The molecule has 0 spiro atoms. The normalized spacial score (nSPS) is 11.1. The van der Waals surface area contributed by atoms with Gasteiger partial charge in [0.15, 0.2) is 0 Å². The molecule has 0 aliphatic carbocycles. The number of aromatic nitrogens is 3. The Morgan fingerprint density at radius 2 is 2.14 bits per heavy atom. The lowest BCUT2D eigenvalue weighted by Gasteiger charge is -2.08. The third-order valence-corrected chi connectivity index (χ3v) is 2.26. The van der Waals surface area contributed by atoms with Crippen molar-refractivity contribution in [1.82, 2.24) is 14.8 Å². The summed E-state index contributed by atoms with van der Waals surface area (Å²) in [5, 5.41) is 8.12. The van der Waals surface area contributed by atoms with Gasteiger partial charge in [-0.25, -0.2) is 0 Å². The summed E-state index contributed by atoms with van der Waals surface area (Å²) in [6, 6.07) is 0. The molecule has 0 aromatic carbocycles. The molecule has 1 aromatic heterocycles. The first-order chi connectivity index (χ1) is 6.74. The van der Waals surface area contributed by atoms with Crippen molar-refractivity contribution in [2.75, 3.05) is 0 Å². The Morgan fingerprint density at radius 3 is 2.79 bits per heavy atom. The number of nitrogens with zero attached hydrogens (tertiary/aromatic N) is 3. The van der Waals surface area contributed by atoms with E-state index in [1.165, 1.54) is 19.3 Å². The molecule has 0 saturated heterocycles. The third-order valence-electron chi connectivity index (χ3n) is 2.26. The van der Waals surface area contributed by atoms with E-state index < -0.39 is 0 Å². The molecule has 0 aliphatic rings. The number of hydrogen-bond acceptors (Lipinski definition) is 2. The summed E-state index contributed by atoms with van der Waals surface area (Å²) >= 11 is 0. The Morgan fingerprint density at radius 1 is 1.36 bits per heavy atom. The smallest absolute Gasteiger partial charge is 0.132 e. The van der Waals surface area contributed by atoms with E-state index in [0.717, 1.165) is 18.8 Å². The summed E-state index contributed by atoms with van der Waals surface area (Å²) in [4.78, 5) is 0. The van der Waals surface area contributed by atoms with Crippen LogP contribution in [-0.4, -0.2) is 14.8 Å². The highest BCUT2D eigenvalue weighted by atomic mass is 15.3. The Bertz CT molecular complexity index is 253. The van der Waals surface area contributed by atoms with E-state index in [4.69, 9.17) is 0 Å². The molecule has 0 N–H and O–H groups in total. The molecule has 0 fully saturated rings. The lowest BCUT2D eigenvalue weighted by atomic mass is 10.2. The fourth-order valence-corrected chi connectivity index (χ4v) is 1.55.